The molecule has 2 aliphatic carbocycles. The highest BCUT2D eigenvalue weighted by atomic mass is 14.9. The summed E-state index contributed by atoms with van der Waals surface area (Å²) in [5.41, 5.74) is 0.433. The first-order valence-corrected chi connectivity index (χ1v) is 9.22. The molecule has 3 atom stereocenters. The number of hydrogen-bond donors (Lipinski definition) is 1. The molecule has 0 aliphatic heterocycles. The average molecular weight is 280 g/mol. The van der Waals surface area contributed by atoms with Crippen molar-refractivity contribution >= 4 is 0 Å². The Morgan fingerprint density at radius 1 is 0.900 bits per heavy atom. The van der Waals surface area contributed by atoms with Gasteiger partial charge in [-0.2, -0.15) is 0 Å². The van der Waals surface area contributed by atoms with Crippen molar-refractivity contribution in [3.05, 3.63) is 0 Å². The molecular weight excluding hydrogens is 242 g/mol. The summed E-state index contributed by atoms with van der Waals surface area (Å²) in [5, 5.41) is 3.98. The van der Waals surface area contributed by atoms with Crippen LogP contribution in [0.5, 0.6) is 0 Å². The van der Waals surface area contributed by atoms with Gasteiger partial charge in [0, 0.05) is 6.04 Å². The SMILES string of the molecule is CC(CNC1CCCCC1C1CCCCC1)C(C)(C)C. The Morgan fingerprint density at radius 3 is 2.15 bits per heavy atom. The quantitative estimate of drug-likeness (QED) is 0.727. The fourth-order valence-electron chi connectivity index (χ4n) is 4.17. The number of rotatable bonds is 4. The maximum Gasteiger partial charge on any atom is 0.00980 e. The third-order valence-corrected chi connectivity index (χ3v) is 6.24. The van der Waals surface area contributed by atoms with Gasteiger partial charge in [0.15, 0.2) is 0 Å². The second-order valence-corrected chi connectivity index (χ2v) is 8.63. The summed E-state index contributed by atoms with van der Waals surface area (Å²) in [7, 11) is 0. The summed E-state index contributed by atoms with van der Waals surface area (Å²) in [6.07, 6.45) is 13.3. The molecule has 118 valence electrons. The fraction of sp³-hybridized carbons (Fsp3) is 1.00. The maximum atomic E-state index is 3.98. The molecule has 0 saturated heterocycles. The highest BCUT2D eigenvalue weighted by Crippen LogP contribution is 2.38. The van der Waals surface area contributed by atoms with Gasteiger partial charge in [-0.25, -0.2) is 0 Å². The topological polar surface area (TPSA) is 12.0 Å². The van der Waals surface area contributed by atoms with Crippen molar-refractivity contribution in [2.24, 2.45) is 23.2 Å². The lowest BCUT2D eigenvalue weighted by Gasteiger charge is -2.40. The van der Waals surface area contributed by atoms with Crippen LogP contribution >= 0.6 is 0 Å². The normalized spacial score (nSPS) is 31.2. The Labute approximate surface area is 127 Å². The summed E-state index contributed by atoms with van der Waals surface area (Å²) < 4.78 is 0. The summed E-state index contributed by atoms with van der Waals surface area (Å²) in [6, 6.07) is 0.816. The van der Waals surface area contributed by atoms with E-state index >= 15 is 0 Å². The van der Waals surface area contributed by atoms with Gasteiger partial charge < -0.3 is 5.32 Å². The molecule has 2 saturated carbocycles. The molecule has 1 N–H and O–H groups in total. The Bertz CT molecular complexity index is 272. The van der Waals surface area contributed by atoms with Crippen molar-refractivity contribution in [1.29, 1.82) is 0 Å². The maximum absolute atomic E-state index is 3.98. The third kappa shape index (κ3) is 4.48. The predicted molar refractivity (Wildman–Crippen MR) is 88.9 cm³/mol. The van der Waals surface area contributed by atoms with Crippen molar-refractivity contribution in [2.45, 2.75) is 91.5 Å². The zero-order valence-electron chi connectivity index (χ0n) is 14.4. The van der Waals surface area contributed by atoms with Gasteiger partial charge in [-0.1, -0.05) is 72.6 Å². The third-order valence-electron chi connectivity index (χ3n) is 6.24. The second kappa shape index (κ2) is 7.29. The van der Waals surface area contributed by atoms with E-state index in [0.717, 1.165) is 23.8 Å². The first-order chi connectivity index (χ1) is 9.48. The van der Waals surface area contributed by atoms with E-state index in [4.69, 9.17) is 0 Å². The summed E-state index contributed by atoms with van der Waals surface area (Å²) in [6.45, 7) is 10.7. The van der Waals surface area contributed by atoms with E-state index in [9.17, 15) is 0 Å². The zero-order valence-corrected chi connectivity index (χ0v) is 14.4. The molecule has 0 spiro atoms. The Morgan fingerprint density at radius 2 is 1.50 bits per heavy atom. The van der Waals surface area contributed by atoms with Gasteiger partial charge in [-0.15, -0.1) is 0 Å². The Balaban J connectivity index is 1.86. The number of nitrogens with one attached hydrogen (secondary N) is 1. The van der Waals surface area contributed by atoms with Crippen LogP contribution in [-0.4, -0.2) is 12.6 Å². The van der Waals surface area contributed by atoms with Crippen molar-refractivity contribution in [3.8, 4) is 0 Å². The smallest absolute Gasteiger partial charge is 0.00980 e. The first-order valence-electron chi connectivity index (χ1n) is 9.22. The zero-order chi connectivity index (χ0) is 14.6. The molecule has 0 aromatic heterocycles. The molecule has 0 aromatic carbocycles. The standard InChI is InChI=1S/C19H37N/c1-15(19(2,3)4)14-20-18-13-9-8-12-17(18)16-10-6-5-7-11-16/h15-18,20H,5-14H2,1-4H3. The molecule has 2 fully saturated rings. The van der Waals surface area contributed by atoms with Crippen LogP contribution in [0.25, 0.3) is 0 Å². The summed E-state index contributed by atoms with van der Waals surface area (Å²) in [4.78, 5) is 0. The molecule has 3 unspecified atom stereocenters. The van der Waals surface area contributed by atoms with E-state index in [1.54, 1.807) is 0 Å². The second-order valence-electron chi connectivity index (χ2n) is 8.63. The van der Waals surface area contributed by atoms with Crippen LogP contribution in [0.3, 0.4) is 0 Å². The summed E-state index contributed by atoms with van der Waals surface area (Å²) in [5.74, 6) is 2.78. The lowest BCUT2D eigenvalue weighted by atomic mass is 9.70. The molecular formula is C19H37N. The van der Waals surface area contributed by atoms with Crippen molar-refractivity contribution in [3.63, 3.8) is 0 Å². The highest BCUT2D eigenvalue weighted by Gasteiger charge is 2.32. The largest absolute Gasteiger partial charge is 0.313 e. The molecule has 0 bridgehead atoms. The van der Waals surface area contributed by atoms with Crippen LogP contribution in [0.15, 0.2) is 0 Å². The van der Waals surface area contributed by atoms with Gasteiger partial charge >= 0.3 is 0 Å². The van der Waals surface area contributed by atoms with Crippen molar-refractivity contribution in [1.82, 2.24) is 5.32 Å². The minimum absolute atomic E-state index is 0.433. The molecule has 2 rings (SSSR count). The Kier molecular flexibility index (Phi) is 5.95. The van der Waals surface area contributed by atoms with Crippen LogP contribution in [0.4, 0.5) is 0 Å². The van der Waals surface area contributed by atoms with E-state index in [1.165, 1.54) is 64.3 Å². The van der Waals surface area contributed by atoms with Gasteiger partial charge in [0.1, 0.15) is 0 Å². The van der Waals surface area contributed by atoms with Gasteiger partial charge in [-0.05, 0) is 42.6 Å². The van der Waals surface area contributed by atoms with Crippen molar-refractivity contribution < 1.29 is 0 Å². The van der Waals surface area contributed by atoms with E-state index in [2.05, 4.69) is 33.0 Å². The number of hydrogen-bond acceptors (Lipinski definition) is 1. The van der Waals surface area contributed by atoms with Crippen LogP contribution in [0.1, 0.15) is 85.5 Å². The molecule has 1 heteroatoms. The lowest BCUT2D eigenvalue weighted by Crippen LogP contribution is -2.45. The van der Waals surface area contributed by atoms with Gasteiger partial charge in [0.2, 0.25) is 0 Å². The molecule has 0 amide bonds. The van der Waals surface area contributed by atoms with Crippen LogP contribution < -0.4 is 5.32 Å². The van der Waals surface area contributed by atoms with Crippen LogP contribution in [0.2, 0.25) is 0 Å². The average Bonchev–Trinajstić information content (AvgIpc) is 2.45. The summed E-state index contributed by atoms with van der Waals surface area (Å²) >= 11 is 0. The van der Waals surface area contributed by atoms with E-state index in [0.29, 0.717) is 5.41 Å². The lowest BCUT2D eigenvalue weighted by molar-refractivity contribution is 0.138. The first kappa shape index (κ1) is 16.3. The molecule has 0 heterocycles. The Hall–Kier alpha value is -0.0400. The van der Waals surface area contributed by atoms with Crippen molar-refractivity contribution in [2.75, 3.05) is 6.54 Å². The highest BCUT2D eigenvalue weighted by molar-refractivity contribution is 4.87. The predicted octanol–water partition coefficient (Wildman–Crippen LogP) is 5.40. The van der Waals surface area contributed by atoms with E-state index in [1.807, 2.05) is 0 Å². The monoisotopic (exact) mass is 279 g/mol. The minimum atomic E-state index is 0.433. The molecule has 1 nitrogen and oxygen atoms in total. The molecule has 0 radical (unpaired) electrons. The van der Waals surface area contributed by atoms with E-state index < -0.39 is 0 Å². The van der Waals surface area contributed by atoms with Crippen LogP contribution in [-0.2, 0) is 0 Å². The van der Waals surface area contributed by atoms with E-state index in [-0.39, 0.29) is 0 Å². The fourth-order valence-corrected chi connectivity index (χ4v) is 4.17. The van der Waals surface area contributed by atoms with Gasteiger partial charge in [0.25, 0.3) is 0 Å². The minimum Gasteiger partial charge on any atom is -0.313 e. The van der Waals surface area contributed by atoms with Gasteiger partial charge in [-0.3, -0.25) is 0 Å². The molecule has 2 aliphatic rings. The van der Waals surface area contributed by atoms with Gasteiger partial charge in [0.05, 0.1) is 0 Å². The molecule has 20 heavy (non-hydrogen) atoms. The molecule has 0 aromatic rings. The van der Waals surface area contributed by atoms with Crippen LogP contribution in [0, 0.1) is 23.2 Å².